The molecule has 0 unspecified atom stereocenters. The number of nitrogens with one attached hydrogen (secondary N) is 2. The topological polar surface area (TPSA) is 101 Å². The number of ether oxygens (including phenoxy) is 2. The normalized spacial score (nSPS) is 15.5. The van der Waals surface area contributed by atoms with Crippen molar-refractivity contribution in [2.75, 3.05) is 32.2 Å². The second-order valence-electron chi connectivity index (χ2n) is 9.74. The monoisotopic (exact) mass is 555 g/mol. The maximum Gasteiger partial charge on any atom is 0.418 e. The number of hydrogen-bond donors (Lipinski definition) is 2. The van der Waals surface area contributed by atoms with Crippen molar-refractivity contribution in [1.82, 2.24) is 20.1 Å². The van der Waals surface area contributed by atoms with Gasteiger partial charge < -0.3 is 24.7 Å². The lowest BCUT2D eigenvalue weighted by Gasteiger charge is -2.22. The van der Waals surface area contributed by atoms with Crippen molar-refractivity contribution < 1.29 is 27.4 Å². The Kier molecular flexibility index (Phi) is 6.94. The molecule has 2 N–H and O–H groups in total. The molecule has 2 aromatic heterocycles. The Morgan fingerprint density at radius 2 is 1.80 bits per heavy atom. The summed E-state index contributed by atoms with van der Waals surface area (Å²) in [5.74, 6) is 0.733. The number of rotatable bonds is 6. The van der Waals surface area contributed by atoms with Gasteiger partial charge in [-0.1, -0.05) is 0 Å². The molecule has 1 fully saturated rings. The maximum absolute atomic E-state index is 14.3. The minimum Gasteiger partial charge on any atom is -0.497 e. The first-order chi connectivity index (χ1) is 19.0. The van der Waals surface area contributed by atoms with Crippen LogP contribution in [0.2, 0.25) is 0 Å². The number of alkyl halides is 3. The van der Waals surface area contributed by atoms with Gasteiger partial charge in [-0.3, -0.25) is 9.59 Å². The van der Waals surface area contributed by atoms with Gasteiger partial charge in [0.1, 0.15) is 22.7 Å². The zero-order chi connectivity index (χ0) is 28.8. The second kappa shape index (κ2) is 10.2. The molecule has 3 heterocycles. The minimum atomic E-state index is -4.75. The summed E-state index contributed by atoms with van der Waals surface area (Å²) in [5, 5.41) is 7.80. The van der Waals surface area contributed by atoms with Crippen LogP contribution in [0.25, 0.3) is 27.8 Å². The van der Waals surface area contributed by atoms with Crippen molar-refractivity contribution >= 4 is 22.5 Å². The van der Waals surface area contributed by atoms with Crippen molar-refractivity contribution in [2.45, 2.75) is 32.5 Å². The number of benzene rings is 2. The number of aryl methyl sites for hydroxylation is 1. The van der Waals surface area contributed by atoms with Gasteiger partial charge in [0.15, 0.2) is 0 Å². The van der Waals surface area contributed by atoms with E-state index in [2.05, 4.69) is 15.4 Å². The lowest BCUT2D eigenvalue weighted by Crippen LogP contribution is -2.35. The molecule has 1 aliphatic rings. The van der Waals surface area contributed by atoms with E-state index in [1.54, 1.807) is 31.2 Å². The van der Waals surface area contributed by atoms with Gasteiger partial charge in [-0.15, -0.1) is 0 Å². The first-order valence-corrected chi connectivity index (χ1v) is 12.6. The number of anilines is 1. The number of carbonyl (C=O) groups excluding carboxylic acids is 1. The largest absolute Gasteiger partial charge is 0.497 e. The van der Waals surface area contributed by atoms with E-state index in [0.717, 1.165) is 10.7 Å². The molecule has 0 saturated carbocycles. The summed E-state index contributed by atoms with van der Waals surface area (Å²) >= 11 is 0. The van der Waals surface area contributed by atoms with E-state index in [1.165, 1.54) is 33.3 Å². The smallest absolute Gasteiger partial charge is 0.418 e. The maximum atomic E-state index is 14.3. The number of carbonyl (C=O) groups is 1. The number of aromatic nitrogens is 3. The molecule has 210 valence electrons. The molecule has 1 saturated heterocycles. The number of amides is 1. The Morgan fingerprint density at radius 3 is 2.42 bits per heavy atom. The molecule has 4 aromatic rings. The van der Waals surface area contributed by atoms with E-state index in [4.69, 9.17) is 9.47 Å². The van der Waals surface area contributed by atoms with Crippen molar-refractivity contribution in [3.8, 4) is 28.4 Å². The van der Waals surface area contributed by atoms with E-state index < -0.39 is 23.0 Å². The van der Waals surface area contributed by atoms with Gasteiger partial charge in [-0.2, -0.15) is 23.0 Å². The molecule has 0 spiro atoms. The van der Waals surface area contributed by atoms with Crippen LogP contribution < -0.4 is 25.2 Å². The first-order valence-electron chi connectivity index (χ1n) is 12.6. The molecule has 1 aliphatic heterocycles. The van der Waals surface area contributed by atoms with Crippen LogP contribution in [0.3, 0.4) is 0 Å². The van der Waals surface area contributed by atoms with Crippen LogP contribution >= 0.6 is 0 Å². The summed E-state index contributed by atoms with van der Waals surface area (Å²) in [7, 11) is 2.97. The molecule has 9 nitrogen and oxygen atoms in total. The van der Waals surface area contributed by atoms with Gasteiger partial charge in [-0.05, 0) is 49.7 Å². The molecule has 12 heteroatoms. The van der Waals surface area contributed by atoms with E-state index >= 15 is 0 Å². The summed E-state index contributed by atoms with van der Waals surface area (Å²) in [5.41, 5.74) is -0.0939. The number of fused-ring (bicyclic) bond motifs is 1. The fourth-order valence-electron chi connectivity index (χ4n) is 5.10. The summed E-state index contributed by atoms with van der Waals surface area (Å²) in [6.45, 7) is 4.13. The Morgan fingerprint density at radius 1 is 1.10 bits per heavy atom. The fourth-order valence-corrected chi connectivity index (χ4v) is 5.10. The molecule has 1 atom stereocenters. The zero-order valence-corrected chi connectivity index (χ0v) is 22.3. The lowest BCUT2D eigenvalue weighted by molar-refractivity contribution is -0.137. The van der Waals surface area contributed by atoms with Crippen LogP contribution in [0.4, 0.5) is 18.9 Å². The average molecular weight is 556 g/mol. The Balaban J connectivity index is 1.73. The van der Waals surface area contributed by atoms with Crippen LogP contribution in [0.15, 0.2) is 47.3 Å². The first kappa shape index (κ1) is 27.1. The lowest BCUT2D eigenvalue weighted by atomic mass is 10.1. The van der Waals surface area contributed by atoms with Gasteiger partial charge in [0.05, 0.1) is 25.5 Å². The number of hydrogen-bond acceptors (Lipinski definition) is 6. The quantitative estimate of drug-likeness (QED) is 0.365. The highest BCUT2D eigenvalue weighted by Crippen LogP contribution is 2.37. The fraction of sp³-hybridized carbons (Fsp3) is 0.321. The molecule has 1 amide bonds. The van der Waals surface area contributed by atoms with Gasteiger partial charge in [0.2, 0.25) is 5.91 Å². The zero-order valence-electron chi connectivity index (χ0n) is 22.3. The van der Waals surface area contributed by atoms with Gasteiger partial charge in [0, 0.05) is 54.5 Å². The molecule has 2 aromatic carbocycles. The summed E-state index contributed by atoms with van der Waals surface area (Å²) in [6, 6.07) is 10.3. The third kappa shape index (κ3) is 5.08. The Labute approximate surface area is 227 Å². The van der Waals surface area contributed by atoms with Crippen LogP contribution in [0, 0.1) is 6.92 Å². The van der Waals surface area contributed by atoms with Crippen LogP contribution in [-0.2, 0) is 11.0 Å². The van der Waals surface area contributed by atoms with Gasteiger partial charge in [0.25, 0.3) is 5.56 Å². The standard InChI is InChI=1S/C28H28F3N5O4/c1-15-9-22-25(17-10-20(39-3)13-21(11-17)40-4)34-36(27(38)26(22)32-15)24-12-19(5-6-23(24)28(29,30)31)35-8-7-18(14-35)33-16(2)37/h5-6,9-13,18,32H,7-8,14H2,1-4H3,(H,33,37)/t18-/m1/s1. The van der Waals surface area contributed by atoms with E-state index in [-0.39, 0.29) is 23.2 Å². The van der Waals surface area contributed by atoms with E-state index in [9.17, 15) is 22.8 Å². The summed E-state index contributed by atoms with van der Waals surface area (Å²) in [6.07, 6.45) is -4.11. The number of H-pyrrole nitrogens is 1. The molecule has 0 bridgehead atoms. The minimum absolute atomic E-state index is 0.120. The van der Waals surface area contributed by atoms with Crippen molar-refractivity contribution in [3.05, 3.63) is 64.1 Å². The predicted molar refractivity (Wildman–Crippen MR) is 144 cm³/mol. The Bertz CT molecular complexity index is 1640. The number of halogens is 3. The molecular weight excluding hydrogens is 527 g/mol. The van der Waals surface area contributed by atoms with Crippen LogP contribution in [0.5, 0.6) is 11.5 Å². The average Bonchev–Trinajstić information content (AvgIpc) is 3.54. The molecule has 40 heavy (non-hydrogen) atoms. The van der Waals surface area contributed by atoms with Crippen molar-refractivity contribution in [1.29, 1.82) is 0 Å². The molecule has 0 aliphatic carbocycles. The summed E-state index contributed by atoms with van der Waals surface area (Å²) < 4.78 is 54.4. The van der Waals surface area contributed by atoms with Gasteiger partial charge >= 0.3 is 6.18 Å². The molecule has 5 rings (SSSR count). The van der Waals surface area contributed by atoms with Crippen molar-refractivity contribution in [3.63, 3.8) is 0 Å². The highest BCUT2D eigenvalue weighted by atomic mass is 19.4. The SMILES string of the molecule is COc1cc(OC)cc(-c2nn(-c3cc(N4CC[C@@H](NC(C)=O)C4)ccc3C(F)(F)F)c(=O)c3[nH]c(C)cc23)c1. The third-order valence-electron chi connectivity index (χ3n) is 6.91. The number of methoxy groups -OCH3 is 2. The number of nitrogens with zero attached hydrogens (tertiary/aromatic N) is 3. The van der Waals surface area contributed by atoms with E-state index in [0.29, 0.717) is 53.3 Å². The van der Waals surface area contributed by atoms with Crippen LogP contribution in [-0.4, -0.2) is 54.0 Å². The van der Waals surface area contributed by atoms with Crippen molar-refractivity contribution in [2.24, 2.45) is 0 Å². The van der Waals surface area contributed by atoms with Crippen LogP contribution in [0.1, 0.15) is 24.6 Å². The number of aromatic amines is 1. The Hall–Kier alpha value is -4.48. The third-order valence-corrected chi connectivity index (χ3v) is 6.91. The van der Waals surface area contributed by atoms with E-state index in [1.807, 2.05) is 4.90 Å². The summed E-state index contributed by atoms with van der Waals surface area (Å²) in [4.78, 5) is 30.0. The second-order valence-corrected chi connectivity index (χ2v) is 9.74. The predicted octanol–water partition coefficient (Wildman–Crippen LogP) is 4.44. The molecular formula is C28H28F3N5O4. The molecule has 0 radical (unpaired) electrons. The highest BCUT2D eigenvalue weighted by Gasteiger charge is 2.36. The highest BCUT2D eigenvalue weighted by molar-refractivity contribution is 5.93. The van der Waals surface area contributed by atoms with Gasteiger partial charge in [-0.25, -0.2) is 0 Å².